The Morgan fingerprint density at radius 1 is 0.595 bits per heavy atom. The molecule has 0 saturated carbocycles. The Hall–Kier alpha value is -4.00. The fourth-order valence-corrected chi connectivity index (χ4v) is 5.87. The zero-order chi connectivity index (χ0) is 26.2. The highest BCUT2D eigenvalue weighted by Gasteiger charge is 2.42. The number of hydrogen-bond acceptors (Lipinski definition) is 4. The van der Waals surface area contributed by atoms with Crippen LogP contribution >= 0.6 is 23.2 Å². The van der Waals surface area contributed by atoms with Crippen molar-refractivity contribution in [2.75, 3.05) is 9.80 Å². The third-order valence-electron chi connectivity index (χ3n) is 6.98. The molecule has 2 heterocycles. The van der Waals surface area contributed by atoms with Crippen LogP contribution in [-0.4, -0.2) is 23.6 Å². The first kappa shape index (κ1) is 23.4. The van der Waals surface area contributed by atoms with E-state index in [4.69, 9.17) is 23.2 Å². The Labute approximate surface area is 222 Å². The van der Waals surface area contributed by atoms with Crippen LogP contribution in [0.4, 0.5) is 11.4 Å². The van der Waals surface area contributed by atoms with E-state index in [1.54, 1.807) is 18.2 Å². The SMILES string of the molecule is CCc1cccc(C)c1N1C(=O)c2ccc3c4c(ccc(c24)C1=O)C(=O)N(c1c(Cl)cccc1Cl)C3=O. The lowest BCUT2D eigenvalue weighted by Crippen LogP contribution is -2.44. The largest absolute Gasteiger partial charge is 0.268 e. The van der Waals surface area contributed by atoms with Gasteiger partial charge in [0.25, 0.3) is 23.6 Å². The van der Waals surface area contributed by atoms with Gasteiger partial charge in [-0.15, -0.1) is 0 Å². The smallest absolute Gasteiger partial charge is 0.266 e. The third-order valence-corrected chi connectivity index (χ3v) is 7.59. The molecule has 4 aromatic carbocycles. The molecular weight excluding hydrogens is 511 g/mol. The van der Waals surface area contributed by atoms with Gasteiger partial charge in [0.2, 0.25) is 0 Å². The minimum atomic E-state index is -0.634. The highest BCUT2D eigenvalue weighted by atomic mass is 35.5. The van der Waals surface area contributed by atoms with Crippen molar-refractivity contribution in [1.82, 2.24) is 0 Å². The summed E-state index contributed by atoms with van der Waals surface area (Å²) in [4.78, 5) is 57.0. The van der Waals surface area contributed by atoms with Crippen LogP contribution in [0, 0.1) is 6.92 Å². The van der Waals surface area contributed by atoms with Gasteiger partial charge < -0.3 is 0 Å². The van der Waals surface area contributed by atoms with Gasteiger partial charge >= 0.3 is 0 Å². The molecule has 2 aliphatic heterocycles. The second-order valence-electron chi connectivity index (χ2n) is 8.97. The first-order valence-corrected chi connectivity index (χ1v) is 12.4. The fraction of sp³-hybridized carbons (Fsp3) is 0.103. The van der Waals surface area contributed by atoms with E-state index in [2.05, 4.69) is 0 Å². The summed E-state index contributed by atoms with van der Waals surface area (Å²) in [7, 11) is 0. The van der Waals surface area contributed by atoms with Crippen LogP contribution in [0.2, 0.25) is 10.0 Å². The fourth-order valence-electron chi connectivity index (χ4n) is 5.31. The zero-order valence-corrected chi connectivity index (χ0v) is 21.3. The minimum Gasteiger partial charge on any atom is -0.268 e. The first-order valence-electron chi connectivity index (χ1n) is 11.7. The Morgan fingerprint density at radius 2 is 1.00 bits per heavy atom. The van der Waals surface area contributed by atoms with Crippen LogP contribution in [0.5, 0.6) is 0 Å². The van der Waals surface area contributed by atoms with Crippen LogP contribution in [0.15, 0.2) is 60.7 Å². The topological polar surface area (TPSA) is 74.8 Å². The lowest BCUT2D eigenvalue weighted by Gasteiger charge is -2.33. The number of nitrogens with zero attached hydrogens (tertiary/aromatic N) is 2. The van der Waals surface area contributed by atoms with Gasteiger partial charge in [-0.05, 0) is 60.9 Å². The maximum absolute atomic E-state index is 13.8. The molecule has 0 fully saturated rings. The Morgan fingerprint density at radius 3 is 1.43 bits per heavy atom. The zero-order valence-electron chi connectivity index (χ0n) is 19.8. The Bertz CT molecular complexity index is 1650. The molecule has 0 bridgehead atoms. The van der Waals surface area contributed by atoms with Crippen molar-refractivity contribution in [3.63, 3.8) is 0 Å². The van der Waals surface area contributed by atoms with Gasteiger partial charge in [0, 0.05) is 33.0 Å². The average molecular weight is 529 g/mol. The van der Waals surface area contributed by atoms with Gasteiger partial charge in [-0.1, -0.05) is 54.4 Å². The number of rotatable bonds is 3. The summed E-state index contributed by atoms with van der Waals surface area (Å²) in [6, 6.07) is 16.5. The van der Waals surface area contributed by atoms with Gasteiger partial charge in [-0.25, -0.2) is 9.80 Å². The maximum Gasteiger partial charge on any atom is 0.266 e. The molecular formula is C29H18Cl2N2O4. The van der Waals surface area contributed by atoms with Crippen molar-refractivity contribution in [3.05, 3.63) is 104 Å². The maximum atomic E-state index is 13.8. The summed E-state index contributed by atoms with van der Waals surface area (Å²) in [5.74, 6) is -2.26. The van der Waals surface area contributed by atoms with E-state index in [1.165, 1.54) is 29.2 Å². The molecule has 8 heteroatoms. The average Bonchev–Trinajstić information content (AvgIpc) is 2.88. The number of carbonyl (C=O) groups excluding carboxylic acids is 4. The lowest BCUT2D eigenvalue weighted by molar-refractivity contribution is 0.0873. The minimum absolute atomic E-state index is 0.0878. The molecule has 37 heavy (non-hydrogen) atoms. The Kier molecular flexibility index (Phi) is 5.23. The van der Waals surface area contributed by atoms with E-state index in [1.807, 2.05) is 32.0 Å². The van der Waals surface area contributed by atoms with Crippen LogP contribution in [-0.2, 0) is 6.42 Å². The van der Waals surface area contributed by atoms with Crippen molar-refractivity contribution in [2.45, 2.75) is 20.3 Å². The molecule has 0 N–H and O–H groups in total. The molecule has 4 aromatic rings. The number of imide groups is 2. The second kappa shape index (κ2) is 8.26. The monoisotopic (exact) mass is 528 g/mol. The summed E-state index contributed by atoms with van der Waals surface area (Å²) in [6.07, 6.45) is 0.637. The molecule has 0 aliphatic carbocycles. The van der Waals surface area contributed by atoms with E-state index in [9.17, 15) is 19.2 Å². The molecule has 0 saturated heterocycles. The number of anilines is 2. The highest BCUT2D eigenvalue weighted by Crippen LogP contribution is 2.43. The van der Waals surface area contributed by atoms with Crippen LogP contribution in [0.3, 0.4) is 0 Å². The van der Waals surface area contributed by atoms with Gasteiger partial charge in [-0.2, -0.15) is 0 Å². The lowest BCUT2D eigenvalue weighted by atomic mass is 9.85. The summed E-state index contributed by atoms with van der Waals surface area (Å²) in [5, 5.41) is 0.883. The molecule has 182 valence electrons. The summed E-state index contributed by atoms with van der Waals surface area (Å²) in [6.45, 7) is 3.82. The Balaban J connectivity index is 1.59. The molecule has 0 unspecified atom stereocenters. The highest BCUT2D eigenvalue weighted by molar-refractivity contribution is 6.46. The van der Waals surface area contributed by atoms with Crippen molar-refractivity contribution in [1.29, 1.82) is 0 Å². The van der Waals surface area contributed by atoms with Gasteiger partial charge in [0.15, 0.2) is 0 Å². The molecule has 6 rings (SSSR count). The van der Waals surface area contributed by atoms with E-state index < -0.39 is 23.6 Å². The number of hydrogen-bond donors (Lipinski definition) is 0. The second-order valence-corrected chi connectivity index (χ2v) is 9.78. The summed E-state index contributed by atoms with van der Waals surface area (Å²) < 4.78 is 0. The quantitative estimate of drug-likeness (QED) is 0.280. The van der Waals surface area contributed by atoms with Crippen molar-refractivity contribution in [3.8, 4) is 0 Å². The summed E-state index contributed by atoms with van der Waals surface area (Å²) in [5.41, 5.74) is 3.20. The van der Waals surface area contributed by atoms with Crippen LogP contribution in [0.1, 0.15) is 59.5 Å². The number of aryl methyl sites for hydroxylation is 2. The standard InChI is InChI=1S/C29H18Cl2N2O4/c1-3-15-7-4-6-14(2)24(15)32-26(34)16-10-12-18-23-19(13-11-17(22(16)23)27(32)35)29(37)33(28(18)36)25-20(30)8-5-9-21(25)31/h4-13H,3H2,1-2H3. The number of halogens is 2. The van der Waals surface area contributed by atoms with Crippen molar-refractivity contribution in [2.24, 2.45) is 0 Å². The van der Waals surface area contributed by atoms with Gasteiger partial charge in [-0.3, -0.25) is 19.2 Å². The molecule has 2 aliphatic rings. The van der Waals surface area contributed by atoms with E-state index >= 15 is 0 Å². The van der Waals surface area contributed by atoms with Crippen molar-refractivity contribution < 1.29 is 19.2 Å². The molecule has 0 atom stereocenters. The third kappa shape index (κ3) is 3.12. The predicted molar refractivity (Wildman–Crippen MR) is 143 cm³/mol. The van der Waals surface area contributed by atoms with Gasteiger partial charge in [0.1, 0.15) is 0 Å². The number of para-hydroxylation sites is 2. The number of benzene rings is 4. The van der Waals surface area contributed by atoms with Crippen LogP contribution < -0.4 is 9.80 Å². The molecule has 0 radical (unpaired) electrons. The number of carbonyl (C=O) groups is 4. The predicted octanol–water partition coefficient (Wildman–Crippen LogP) is 6.62. The number of amides is 4. The van der Waals surface area contributed by atoms with E-state index in [0.29, 0.717) is 17.5 Å². The summed E-state index contributed by atoms with van der Waals surface area (Å²) >= 11 is 12.7. The first-order chi connectivity index (χ1) is 17.8. The molecule has 4 amide bonds. The van der Waals surface area contributed by atoms with Crippen LogP contribution in [0.25, 0.3) is 10.8 Å². The van der Waals surface area contributed by atoms with Crippen molar-refractivity contribution >= 4 is 69.0 Å². The van der Waals surface area contributed by atoms with E-state index in [0.717, 1.165) is 16.0 Å². The molecule has 0 aromatic heterocycles. The van der Waals surface area contributed by atoms with Gasteiger partial charge in [0.05, 0.1) is 21.4 Å². The van der Waals surface area contributed by atoms with E-state index in [-0.39, 0.29) is 43.4 Å². The molecule has 6 nitrogen and oxygen atoms in total. The molecule has 0 spiro atoms. The normalized spacial score (nSPS) is 14.7.